The molecule has 0 radical (unpaired) electrons. The average molecular weight is 318 g/mol. The lowest BCUT2D eigenvalue weighted by Crippen LogP contribution is -2.23. The second kappa shape index (κ2) is 7.81. The van der Waals surface area contributed by atoms with Crippen molar-refractivity contribution in [2.75, 3.05) is 6.61 Å². The molecule has 1 N–H and O–H groups in total. The summed E-state index contributed by atoms with van der Waals surface area (Å²) in [5, 5.41) is 10.8. The molecule has 0 amide bonds. The van der Waals surface area contributed by atoms with Crippen molar-refractivity contribution in [1.82, 2.24) is 0 Å². The summed E-state index contributed by atoms with van der Waals surface area (Å²) in [6, 6.07) is 6.78. The highest BCUT2D eigenvalue weighted by Crippen LogP contribution is 2.28. The number of esters is 1. The van der Waals surface area contributed by atoms with Gasteiger partial charge in [-0.3, -0.25) is 4.79 Å². The van der Waals surface area contributed by atoms with E-state index in [2.05, 4.69) is 0 Å². The number of rotatable bonds is 7. The minimum atomic E-state index is -0.610. The molecule has 0 spiro atoms. The van der Waals surface area contributed by atoms with Crippen LogP contribution in [0.25, 0.3) is 11.0 Å². The molecule has 1 atom stereocenters. The molecular weight excluding hydrogens is 296 g/mol. The van der Waals surface area contributed by atoms with Gasteiger partial charge in [-0.05, 0) is 31.4 Å². The highest BCUT2D eigenvalue weighted by atomic mass is 16.5. The van der Waals surface area contributed by atoms with Crippen LogP contribution in [0, 0.1) is 5.92 Å². The fraction of sp³-hybridized carbons (Fsp3) is 0.444. The molecule has 2 aromatic rings. The topological polar surface area (TPSA) is 76.7 Å². The summed E-state index contributed by atoms with van der Waals surface area (Å²) < 4.78 is 10.5. The molecule has 0 saturated carbocycles. The van der Waals surface area contributed by atoms with E-state index in [1.54, 1.807) is 24.3 Å². The van der Waals surface area contributed by atoms with Gasteiger partial charge >= 0.3 is 11.6 Å². The first-order valence-corrected chi connectivity index (χ1v) is 7.98. The average Bonchev–Trinajstić information content (AvgIpc) is 2.55. The number of fused-ring (bicyclic) bond motifs is 1. The van der Waals surface area contributed by atoms with Crippen LogP contribution in [0.1, 0.15) is 38.7 Å². The van der Waals surface area contributed by atoms with Gasteiger partial charge < -0.3 is 14.3 Å². The molecular formula is C18H22O5. The van der Waals surface area contributed by atoms with E-state index in [0.29, 0.717) is 24.0 Å². The predicted octanol–water partition coefficient (Wildman–Crippen LogP) is 3.41. The van der Waals surface area contributed by atoms with E-state index < -0.39 is 11.5 Å². The number of carbonyl (C=O) groups is 1. The summed E-state index contributed by atoms with van der Waals surface area (Å²) in [6.45, 7) is 4.25. The number of ether oxygens (including phenoxy) is 1. The molecule has 23 heavy (non-hydrogen) atoms. The zero-order valence-corrected chi connectivity index (χ0v) is 13.5. The lowest BCUT2D eigenvalue weighted by atomic mass is 9.96. The molecule has 2 rings (SSSR count). The van der Waals surface area contributed by atoms with Gasteiger partial charge in [0, 0.05) is 0 Å². The number of unbranched alkanes of at least 4 members (excludes halogenated alkanes) is 1. The molecule has 0 aliphatic carbocycles. The summed E-state index contributed by atoms with van der Waals surface area (Å²) in [4.78, 5) is 24.2. The van der Waals surface area contributed by atoms with Crippen LogP contribution in [0.15, 0.2) is 33.5 Å². The summed E-state index contributed by atoms with van der Waals surface area (Å²) >= 11 is 0. The van der Waals surface area contributed by atoms with Crippen molar-refractivity contribution >= 4 is 16.9 Å². The highest BCUT2D eigenvalue weighted by Gasteiger charge is 2.23. The van der Waals surface area contributed by atoms with Gasteiger partial charge in [0.1, 0.15) is 11.3 Å². The van der Waals surface area contributed by atoms with Crippen LogP contribution in [-0.2, 0) is 16.0 Å². The maximum Gasteiger partial charge on any atom is 0.343 e. The minimum absolute atomic E-state index is 0.112. The third-order valence-corrected chi connectivity index (χ3v) is 3.90. The van der Waals surface area contributed by atoms with E-state index in [-0.39, 0.29) is 23.7 Å². The largest absolute Gasteiger partial charge is 0.507 e. The van der Waals surface area contributed by atoms with E-state index in [1.165, 1.54) is 0 Å². The Morgan fingerprint density at radius 1 is 1.30 bits per heavy atom. The van der Waals surface area contributed by atoms with Crippen LogP contribution < -0.4 is 5.63 Å². The number of hydrogen-bond acceptors (Lipinski definition) is 5. The van der Waals surface area contributed by atoms with Crippen molar-refractivity contribution in [3.8, 4) is 5.75 Å². The molecule has 1 heterocycles. The summed E-state index contributed by atoms with van der Waals surface area (Å²) in [5.74, 6) is -0.925. The van der Waals surface area contributed by atoms with Gasteiger partial charge in [-0.2, -0.15) is 0 Å². The van der Waals surface area contributed by atoms with Gasteiger partial charge in [0.25, 0.3) is 0 Å². The molecule has 5 nitrogen and oxygen atoms in total. The number of hydrogen-bond donors (Lipinski definition) is 1. The van der Waals surface area contributed by atoms with Gasteiger partial charge in [-0.25, -0.2) is 4.79 Å². The second-order valence-electron chi connectivity index (χ2n) is 5.54. The molecule has 1 unspecified atom stereocenters. The first kappa shape index (κ1) is 17.1. The Kier molecular flexibility index (Phi) is 5.79. The fourth-order valence-corrected chi connectivity index (χ4v) is 2.43. The standard InChI is InChI=1S/C18H22O5/c1-3-5-10-22-17(20)12(4-2)11-14-16(19)13-8-6-7-9-15(13)23-18(14)21/h6-9,12,19H,3-5,10-11H2,1-2H3. The molecule has 0 fully saturated rings. The Bertz CT molecular complexity index is 732. The zero-order valence-electron chi connectivity index (χ0n) is 13.5. The zero-order chi connectivity index (χ0) is 16.8. The number of para-hydroxylation sites is 1. The summed E-state index contributed by atoms with van der Waals surface area (Å²) in [6.07, 6.45) is 2.39. The molecule has 5 heteroatoms. The van der Waals surface area contributed by atoms with Crippen molar-refractivity contribution in [2.24, 2.45) is 5.92 Å². The van der Waals surface area contributed by atoms with Crippen molar-refractivity contribution in [3.05, 3.63) is 40.2 Å². The Morgan fingerprint density at radius 2 is 2.04 bits per heavy atom. The highest BCUT2D eigenvalue weighted by molar-refractivity contribution is 5.84. The van der Waals surface area contributed by atoms with Crippen LogP contribution in [0.4, 0.5) is 0 Å². The van der Waals surface area contributed by atoms with Crippen LogP contribution >= 0.6 is 0 Å². The Labute approximate surface area is 134 Å². The van der Waals surface area contributed by atoms with Crippen molar-refractivity contribution in [2.45, 2.75) is 39.5 Å². The molecule has 0 aliphatic heterocycles. The monoisotopic (exact) mass is 318 g/mol. The van der Waals surface area contributed by atoms with Gasteiger partial charge in [-0.1, -0.05) is 32.4 Å². The molecule has 0 aliphatic rings. The maximum absolute atomic E-state index is 12.1. The van der Waals surface area contributed by atoms with E-state index in [4.69, 9.17) is 9.15 Å². The van der Waals surface area contributed by atoms with Gasteiger partial charge in [0.05, 0.1) is 23.5 Å². The number of benzene rings is 1. The maximum atomic E-state index is 12.1. The first-order chi connectivity index (χ1) is 11.1. The predicted molar refractivity (Wildman–Crippen MR) is 87.5 cm³/mol. The molecule has 0 bridgehead atoms. The Morgan fingerprint density at radius 3 is 2.74 bits per heavy atom. The Hall–Kier alpha value is -2.30. The summed E-state index contributed by atoms with van der Waals surface area (Å²) in [5.41, 5.74) is -0.152. The Balaban J connectivity index is 2.25. The van der Waals surface area contributed by atoms with Crippen LogP contribution in [0.3, 0.4) is 0 Å². The second-order valence-corrected chi connectivity index (χ2v) is 5.54. The normalized spacial score (nSPS) is 12.3. The smallest absolute Gasteiger partial charge is 0.343 e. The van der Waals surface area contributed by atoms with Crippen molar-refractivity contribution in [3.63, 3.8) is 0 Å². The van der Waals surface area contributed by atoms with Gasteiger partial charge in [0.2, 0.25) is 0 Å². The van der Waals surface area contributed by atoms with E-state index in [0.717, 1.165) is 12.8 Å². The van der Waals surface area contributed by atoms with Gasteiger partial charge in [-0.15, -0.1) is 0 Å². The van der Waals surface area contributed by atoms with Crippen LogP contribution in [-0.4, -0.2) is 17.7 Å². The molecule has 1 aromatic heterocycles. The van der Waals surface area contributed by atoms with Crippen molar-refractivity contribution in [1.29, 1.82) is 0 Å². The van der Waals surface area contributed by atoms with Crippen LogP contribution in [0.5, 0.6) is 5.75 Å². The third kappa shape index (κ3) is 3.92. The van der Waals surface area contributed by atoms with Crippen molar-refractivity contribution < 1.29 is 19.1 Å². The molecule has 1 aromatic carbocycles. The fourth-order valence-electron chi connectivity index (χ4n) is 2.43. The van der Waals surface area contributed by atoms with E-state index >= 15 is 0 Å². The summed E-state index contributed by atoms with van der Waals surface area (Å²) in [7, 11) is 0. The lowest BCUT2D eigenvalue weighted by Gasteiger charge is -2.14. The quantitative estimate of drug-likeness (QED) is 0.481. The molecule has 0 saturated heterocycles. The first-order valence-electron chi connectivity index (χ1n) is 7.98. The van der Waals surface area contributed by atoms with E-state index in [1.807, 2.05) is 13.8 Å². The van der Waals surface area contributed by atoms with E-state index in [9.17, 15) is 14.7 Å². The van der Waals surface area contributed by atoms with Gasteiger partial charge in [0.15, 0.2) is 0 Å². The number of aromatic hydroxyl groups is 1. The van der Waals surface area contributed by atoms with Crippen LogP contribution in [0.2, 0.25) is 0 Å². The minimum Gasteiger partial charge on any atom is -0.507 e. The number of carbonyl (C=O) groups excluding carboxylic acids is 1. The molecule has 124 valence electrons. The SMILES string of the molecule is CCCCOC(=O)C(CC)Cc1c(O)c2ccccc2oc1=O. The lowest BCUT2D eigenvalue weighted by molar-refractivity contribution is -0.148. The third-order valence-electron chi connectivity index (χ3n) is 3.90.